The normalized spacial score (nSPS) is 18.0. The molecule has 1 aliphatic heterocycles. The van der Waals surface area contributed by atoms with Crippen molar-refractivity contribution in [2.24, 2.45) is 5.92 Å². The molecule has 2 heterocycles. The van der Waals surface area contributed by atoms with E-state index in [2.05, 4.69) is 10.3 Å². The second kappa shape index (κ2) is 5.63. The van der Waals surface area contributed by atoms with E-state index in [0.29, 0.717) is 19.5 Å². The van der Waals surface area contributed by atoms with Crippen molar-refractivity contribution in [3.05, 3.63) is 46.2 Å². The maximum absolute atomic E-state index is 12.2. The van der Waals surface area contributed by atoms with Crippen LogP contribution in [0.3, 0.4) is 0 Å². The van der Waals surface area contributed by atoms with Gasteiger partial charge in [-0.3, -0.25) is 14.4 Å². The molecule has 2 amide bonds. The van der Waals surface area contributed by atoms with Gasteiger partial charge in [-0.15, -0.1) is 0 Å². The van der Waals surface area contributed by atoms with Crippen molar-refractivity contribution in [3.63, 3.8) is 0 Å². The summed E-state index contributed by atoms with van der Waals surface area (Å²) in [6, 6.07) is 8.97. The summed E-state index contributed by atoms with van der Waals surface area (Å²) in [5.41, 5.74) is 1.53. The van der Waals surface area contributed by atoms with E-state index in [0.717, 1.165) is 16.5 Å². The van der Waals surface area contributed by atoms with Gasteiger partial charge in [0.05, 0.1) is 0 Å². The number of benzene rings is 1. The first-order chi connectivity index (χ1) is 10.6. The van der Waals surface area contributed by atoms with Gasteiger partial charge in [0.2, 0.25) is 17.4 Å². The molecular formula is C16H17N3O3. The number of hydrogen-bond donors (Lipinski definition) is 2. The number of carbonyl (C=O) groups is 2. The number of amides is 2. The van der Waals surface area contributed by atoms with Crippen molar-refractivity contribution in [1.29, 1.82) is 0 Å². The number of fused-ring (bicyclic) bond motifs is 1. The highest BCUT2D eigenvalue weighted by atomic mass is 16.2. The largest absolute Gasteiger partial charge is 0.358 e. The molecule has 0 aliphatic carbocycles. The third-order valence-electron chi connectivity index (χ3n) is 4.02. The highest BCUT2D eigenvalue weighted by molar-refractivity contribution is 6.01. The Kier molecular flexibility index (Phi) is 3.66. The van der Waals surface area contributed by atoms with E-state index in [1.54, 1.807) is 11.0 Å². The predicted octanol–water partition coefficient (Wildman–Crippen LogP) is 0.623. The molecule has 3 rings (SSSR count). The third kappa shape index (κ3) is 2.59. The Morgan fingerprint density at radius 3 is 2.86 bits per heavy atom. The number of nitrogens with zero attached hydrogens (tertiary/aromatic N) is 1. The first-order valence-electron chi connectivity index (χ1n) is 7.21. The van der Waals surface area contributed by atoms with E-state index in [9.17, 15) is 14.4 Å². The minimum Gasteiger partial charge on any atom is -0.358 e. The second-order valence-electron chi connectivity index (χ2n) is 5.46. The number of aromatic nitrogens is 1. The number of hydrogen-bond acceptors (Lipinski definition) is 3. The number of likely N-dealkylation sites (tertiary alicyclic amines) is 1. The minimum atomic E-state index is -0.578. The molecule has 0 unspecified atom stereocenters. The maximum atomic E-state index is 12.2. The lowest BCUT2D eigenvalue weighted by Crippen LogP contribution is -2.34. The number of carbonyl (C=O) groups excluding carboxylic acids is 2. The lowest BCUT2D eigenvalue weighted by molar-refractivity contribution is -0.137. The zero-order valence-corrected chi connectivity index (χ0v) is 12.3. The fraction of sp³-hybridized carbons (Fsp3) is 0.312. The Labute approximate surface area is 127 Å². The van der Waals surface area contributed by atoms with Crippen LogP contribution in [-0.2, 0) is 16.1 Å². The van der Waals surface area contributed by atoms with Crippen LogP contribution < -0.4 is 10.9 Å². The number of H-pyrrole nitrogens is 1. The summed E-state index contributed by atoms with van der Waals surface area (Å²) in [4.78, 5) is 39.7. The van der Waals surface area contributed by atoms with Gasteiger partial charge >= 0.3 is 0 Å². The molecule has 1 atom stereocenters. The van der Waals surface area contributed by atoms with Crippen LogP contribution in [-0.4, -0.2) is 35.3 Å². The summed E-state index contributed by atoms with van der Waals surface area (Å²) in [6.07, 6.45) is 0.545. The van der Waals surface area contributed by atoms with Crippen LogP contribution in [0.4, 0.5) is 0 Å². The van der Waals surface area contributed by atoms with Crippen molar-refractivity contribution in [2.75, 3.05) is 13.6 Å². The van der Waals surface area contributed by atoms with E-state index in [-0.39, 0.29) is 17.4 Å². The molecule has 1 fully saturated rings. The average molecular weight is 299 g/mol. The van der Waals surface area contributed by atoms with Gasteiger partial charge in [-0.1, -0.05) is 12.1 Å². The average Bonchev–Trinajstić information content (AvgIpc) is 2.87. The first-order valence-corrected chi connectivity index (χ1v) is 7.21. The highest BCUT2D eigenvalue weighted by Gasteiger charge is 2.36. The Morgan fingerprint density at radius 1 is 1.32 bits per heavy atom. The molecule has 0 saturated carbocycles. The second-order valence-corrected chi connectivity index (χ2v) is 5.46. The SMILES string of the molecule is CNC(=O)[C@@H]1CCN(Cc2ccc3ccc(=O)[nH]c3c2)C1=O. The van der Waals surface area contributed by atoms with E-state index < -0.39 is 5.92 Å². The number of pyridine rings is 1. The summed E-state index contributed by atoms with van der Waals surface area (Å²) in [6.45, 7) is 1.01. The van der Waals surface area contributed by atoms with Crippen molar-refractivity contribution < 1.29 is 9.59 Å². The molecule has 1 aliphatic rings. The van der Waals surface area contributed by atoms with Crippen molar-refractivity contribution in [1.82, 2.24) is 15.2 Å². The first kappa shape index (κ1) is 14.3. The van der Waals surface area contributed by atoms with E-state index in [1.807, 2.05) is 18.2 Å². The van der Waals surface area contributed by atoms with Gasteiger partial charge in [0.1, 0.15) is 5.92 Å². The molecule has 2 N–H and O–H groups in total. The lowest BCUT2D eigenvalue weighted by atomic mass is 10.1. The van der Waals surface area contributed by atoms with E-state index >= 15 is 0 Å². The van der Waals surface area contributed by atoms with Crippen LogP contribution in [0.5, 0.6) is 0 Å². The van der Waals surface area contributed by atoms with Gasteiger partial charge in [0, 0.05) is 31.7 Å². The monoisotopic (exact) mass is 299 g/mol. The van der Waals surface area contributed by atoms with Gasteiger partial charge in [0.15, 0.2) is 0 Å². The van der Waals surface area contributed by atoms with Gasteiger partial charge in [-0.2, -0.15) is 0 Å². The van der Waals surface area contributed by atoms with Crippen LogP contribution in [0.15, 0.2) is 35.1 Å². The van der Waals surface area contributed by atoms with Crippen molar-refractivity contribution in [3.8, 4) is 0 Å². The number of aromatic amines is 1. The van der Waals surface area contributed by atoms with E-state index in [4.69, 9.17) is 0 Å². The van der Waals surface area contributed by atoms with Crippen LogP contribution in [0.2, 0.25) is 0 Å². The molecule has 0 radical (unpaired) electrons. The quantitative estimate of drug-likeness (QED) is 0.815. The standard InChI is InChI=1S/C16H17N3O3/c1-17-15(21)12-6-7-19(16(12)22)9-10-2-3-11-4-5-14(20)18-13(11)8-10/h2-5,8,12H,6-7,9H2,1H3,(H,17,21)(H,18,20)/t12-/m0/s1. The topological polar surface area (TPSA) is 82.3 Å². The van der Waals surface area contributed by atoms with Crippen LogP contribution in [0.1, 0.15) is 12.0 Å². The molecule has 1 saturated heterocycles. The molecule has 6 heteroatoms. The van der Waals surface area contributed by atoms with Crippen LogP contribution in [0, 0.1) is 5.92 Å². The smallest absolute Gasteiger partial charge is 0.248 e. The van der Waals surface area contributed by atoms with Crippen LogP contribution in [0.25, 0.3) is 10.9 Å². The molecule has 22 heavy (non-hydrogen) atoms. The van der Waals surface area contributed by atoms with Gasteiger partial charge in [-0.05, 0) is 29.5 Å². The van der Waals surface area contributed by atoms with Crippen LogP contribution >= 0.6 is 0 Å². The lowest BCUT2D eigenvalue weighted by Gasteiger charge is -2.16. The summed E-state index contributed by atoms with van der Waals surface area (Å²) in [7, 11) is 1.54. The molecule has 114 valence electrons. The molecule has 0 spiro atoms. The minimum absolute atomic E-state index is 0.138. The Hall–Kier alpha value is -2.63. The van der Waals surface area contributed by atoms with Gasteiger partial charge in [0.25, 0.3) is 0 Å². The number of rotatable bonds is 3. The Balaban J connectivity index is 1.80. The summed E-state index contributed by atoms with van der Waals surface area (Å²) in [5, 5.41) is 3.47. The Morgan fingerprint density at radius 2 is 2.09 bits per heavy atom. The molecule has 2 aromatic rings. The van der Waals surface area contributed by atoms with Crippen molar-refractivity contribution in [2.45, 2.75) is 13.0 Å². The molecule has 1 aromatic heterocycles. The van der Waals surface area contributed by atoms with Gasteiger partial charge < -0.3 is 15.2 Å². The van der Waals surface area contributed by atoms with E-state index in [1.165, 1.54) is 13.1 Å². The predicted molar refractivity (Wildman–Crippen MR) is 82.2 cm³/mol. The third-order valence-corrected chi connectivity index (χ3v) is 4.02. The summed E-state index contributed by atoms with van der Waals surface area (Å²) >= 11 is 0. The number of nitrogens with one attached hydrogen (secondary N) is 2. The Bertz CT molecular complexity index is 797. The maximum Gasteiger partial charge on any atom is 0.248 e. The molecular weight excluding hydrogens is 282 g/mol. The molecule has 0 bridgehead atoms. The zero-order chi connectivity index (χ0) is 15.7. The zero-order valence-electron chi connectivity index (χ0n) is 12.3. The fourth-order valence-electron chi connectivity index (χ4n) is 2.83. The fourth-order valence-corrected chi connectivity index (χ4v) is 2.83. The van der Waals surface area contributed by atoms with Crippen molar-refractivity contribution >= 4 is 22.7 Å². The summed E-state index contributed by atoms with van der Waals surface area (Å²) in [5.74, 6) is -0.943. The molecule has 6 nitrogen and oxygen atoms in total. The van der Waals surface area contributed by atoms with Gasteiger partial charge in [-0.25, -0.2) is 0 Å². The molecule has 1 aromatic carbocycles. The highest BCUT2D eigenvalue weighted by Crippen LogP contribution is 2.21. The summed E-state index contributed by atoms with van der Waals surface area (Å²) < 4.78 is 0.